The SMILES string of the molecule is Nc1c(NS(=O)(=O)/C=C/c2ccccc2Cl)cc(Br)cc1C(=O)O. The number of carboxylic acids is 1. The van der Waals surface area contributed by atoms with E-state index in [1.807, 2.05) is 0 Å². The monoisotopic (exact) mass is 430 g/mol. The number of halogens is 2. The van der Waals surface area contributed by atoms with E-state index in [9.17, 15) is 13.2 Å². The van der Waals surface area contributed by atoms with Crippen LogP contribution in [0.4, 0.5) is 11.4 Å². The molecule has 0 saturated heterocycles. The molecule has 0 unspecified atom stereocenters. The van der Waals surface area contributed by atoms with Crippen molar-refractivity contribution in [3.05, 3.63) is 62.4 Å². The first-order valence-electron chi connectivity index (χ1n) is 6.47. The molecule has 2 aromatic carbocycles. The molecule has 0 bridgehead atoms. The smallest absolute Gasteiger partial charge is 0.337 e. The number of sulfonamides is 1. The summed E-state index contributed by atoms with van der Waals surface area (Å²) in [6.45, 7) is 0. The maximum absolute atomic E-state index is 12.2. The van der Waals surface area contributed by atoms with Crippen LogP contribution in [0.5, 0.6) is 0 Å². The number of carboxylic acid groups (broad SMARTS) is 1. The Hall–Kier alpha value is -2.03. The van der Waals surface area contributed by atoms with E-state index < -0.39 is 16.0 Å². The fourth-order valence-electron chi connectivity index (χ4n) is 1.84. The van der Waals surface area contributed by atoms with Gasteiger partial charge in [0.1, 0.15) is 0 Å². The van der Waals surface area contributed by atoms with Crippen molar-refractivity contribution in [2.24, 2.45) is 0 Å². The average Bonchev–Trinajstić information content (AvgIpc) is 2.49. The van der Waals surface area contributed by atoms with Gasteiger partial charge in [-0.05, 0) is 29.8 Å². The van der Waals surface area contributed by atoms with E-state index in [0.717, 1.165) is 5.41 Å². The minimum atomic E-state index is -3.91. The number of benzene rings is 2. The van der Waals surface area contributed by atoms with Crippen LogP contribution in [-0.4, -0.2) is 19.5 Å². The van der Waals surface area contributed by atoms with E-state index in [0.29, 0.717) is 15.1 Å². The van der Waals surface area contributed by atoms with Crippen molar-refractivity contribution in [3.63, 3.8) is 0 Å². The Morgan fingerprint density at radius 1 is 1.29 bits per heavy atom. The van der Waals surface area contributed by atoms with E-state index in [2.05, 4.69) is 20.7 Å². The van der Waals surface area contributed by atoms with Crippen LogP contribution in [0, 0.1) is 0 Å². The molecule has 0 fully saturated rings. The van der Waals surface area contributed by atoms with Crippen LogP contribution in [-0.2, 0) is 10.0 Å². The third-order valence-corrected chi connectivity index (χ3v) is 4.76. The largest absolute Gasteiger partial charge is 0.478 e. The summed E-state index contributed by atoms with van der Waals surface area (Å²) in [7, 11) is -3.91. The quantitative estimate of drug-likeness (QED) is 0.624. The Morgan fingerprint density at radius 3 is 2.58 bits per heavy atom. The Labute approximate surface area is 152 Å². The maximum Gasteiger partial charge on any atom is 0.337 e. The second-order valence-electron chi connectivity index (χ2n) is 4.69. The maximum atomic E-state index is 12.2. The summed E-state index contributed by atoms with van der Waals surface area (Å²) in [4.78, 5) is 11.1. The van der Waals surface area contributed by atoms with Crippen molar-refractivity contribution >= 4 is 61.0 Å². The predicted octanol–water partition coefficient (Wildman–Crippen LogP) is 3.80. The van der Waals surface area contributed by atoms with Crippen LogP contribution in [0.2, 0.25) is 5.02 Å². The molecule has 0 spiro atoms. The van der Waals surface area contributed by atoms with Crippen molar-refractivity contribution in [1.82, 2.24) is 0 Å². The number of hydrogen-bond donors (Lipinski definition) is 3. The Balaban J connectivity index is 2.33. The number of anilines is 2. The fraction of sp³-hybridized carbons (Fsp3) is 0. The van der Waals surface area contributed by atoms with Crippen LogP contribution < -0.4 is 10.5 Å². The average molecular weight is 432 g/mol. The van der Waals surface area contributed by atoms with Gasteiger partial charge in [-0.15, -0.1) is 0 Å². The number of nitrogen functional groups attached to an aromatic ring is 1. The van der Waals surface area contributed by atoms with E-state index in [1.54, 1.807) is 24.3 Å². The topological polar surface area (TPSA) is 109 Å². The predicted molar refractivity (Wildman–Crippen MR) is 98.5 cm³/mol. The zero-order chi connectivity index (χ0) is 17.9. The highest BCUT2D eigenvalue weighted by atomic mass is 79.9. The molecule has 2 aromatic rings. The first-order chi connectivity index (χ1) is 11.2. The summed E-state index contributed by atoms with van der Waals surface area (Å²) < 4.78 is 27.0. The van der Waals surface area contributed by atoms with Crippen LogP contribution in [0.1, 0.15) is 15.9 Å². The molecule has 0 radical (unpaired) electrons. The first-order valence-corrected chi connectivity index (χ1v) is 9.19. The van der Waals surface area contributed by atoms with Crippen molar-refractivity contribution < 1.29 is 18.3 Å². The van der Waals surface area contributed by atoms with Crippen molar-refractivity contribution in [3.8, 4) is 0 Å². The molecular weight excluding hydrogens is 420 g/mol. The normalized spacial score (nSPS) is 11.6. The lowest BCUT2D eigenvalue weighted by Crippen LogP contribution is -2.13. The molecule has 0 amide bonds. The van der Waals surface area contributed by atoms with Gasteiger partial charge in [-0.1, -0.05) is 45.7 Å². The molecule has 0 atom stereocenters. The lowest BCUT2D eigenvalue weighted by molar-refractivity contribution is 0.0698. The molecule has 4 N–H and O–H groups in total. The van der Waals surface area contributed by atoms with Crippen LogP contribution in [0.15, 0.2) is 46.3 Å². The van der Waals surface area contributed by atoms with E-state index in [-0.39, 0.29) is 16.9 Å². The van der Waals surface area contributed by atoms with E-state index >= 15 is 0 Å². The molecule has 0 saturated carbocycles. The summed E-state index contributed by atoms with van der Waals surface area (Å²) in [6, 6.07) is 9.40. The highest BCUT2D eigenvalue weighted by Gasteiger charge is 2.16. The summed E-state index contributed by atoms with van der Waals surface area (Å²) >= 11 is 9.08. The number of nitrogens with one attached hydrogen (secondary N) is 1. The number of aromatic carboxylic acids is 1. The lowest BCUT2D eigenvalue weighted by Gasteiger charge is -2.11. The Bertz CT molecular complexity index is 929. The molecule has 0 aliphatic carbocycles. The van der Waals surface area contributed by atoms with Crippen molar-refractivity contribution in [2.45, 2.75) is 0 Å². The van der Waals surface area contributed by atoms with E-state index in [1.165, 1.54) is 18.2 Å². The van der Waals surface area contributed by atoms with Gasteiger partial charge in [0.25, 0.3) is 10.0 Å². The molecule has 0 aliphatic rings. The van der Waals surface area contributed by atoms with Crippen molar-refractivity contribution in [2.75, 3.05) is 10.5 Å². The zero-order valence-electron chi connectivity index (χ0n) is 12.0. The van der Waals surface area contributed by atoms with Gasteiger partial charge in [0, 0.05) is 9.50 Å². The van der Waals surface area contributed by atoms with Crippen molar-refractivity contribution in [1.29, 1.82) is 0 Å². The zero-order valence-corrected chi connectivity index (χ0v) is 15.2. The molecule has 2 rings (SSSR count). The molecule has 6 nitrogen and oxygen atoms in total. The van der Waals surface area contributed by atoms with Gasteiger partial charge in [-0.25, -0.2) is 13.2 Å². The molecular formula is C15H12BrClN2O4S. The van der Waals surface area contributed by atoms with E-state index in [4.69, 9.17) is 22.4 Å². The lowest BCUT2D eigenvalue weighted by atomic mass is 10.1. The van der Waals surface area contributed by atoms with Gasteiger partial charge < -0.3 is 10.8 Å². The number of nitrogens with two attached hydrogens (primary N) is 1. The Morgan fingerprint density at radius 2 is 1.96 bits per heavy atom. The van der Waals surface area contributed by atoms with Gasteiger partial charge in [-0.2, -0.15) is 0 Å². The third kappa shape index (κ3) is 4.50. The third-order valence-electron chi connectivity index (χ3n) is 2.96. The summed E-state index contributed by atoms with van der Waals surface area (Å²) in [5.74, 6) is -1.26. The summed E-state index contributed by atoms with van der Waals surface area (Å²) in [6.07, 6.45) is 1.33. The number of rotatable bonds is 5. The molecule has 0 aliphatic heterocycles. The van der Waals surface area contributed by atoms with Gasteiger partial charge in [0.05, 0.1) is 22.3 Å². The highest BCUT2D eigenvalue weighted by molar-refractivity contribution is 9.10. The van der Waals surface area contributed by atoms with Gasteiger partial charge >= 0.3 is 5.97 Å². The minimum absolute atomic E-state index is 0.0365. The van der Waals surface area contributed by atoms with Crippen LogP contribution in [0.3, 0.4) is 0 Å². The van der Waals surface area contributed by atoms with Gasteiger partial charge in [0.2, 0.25) is 0 Å². The number of carbonyl (C=O) groups is 1. The van der Waals surface area contributed by atoms with Gasteiger partial charge in [0.15, 0.2) is 0 Å². The standard InChI is InChI=1S/C15H12BrClN2O4S/c16-10-7-11(15(20)21)14(18)13(8-10)19-24(22,23)6-5-9-3-1-2-4-12(9)17/h1-8,19H,18H2,(H,20,21)/b6-5+. The summed E-state index contributed by atoms with van der Waals surface area (Å²) in [5, 5.41) is 10.4. The Kier molecular flexibility index (Phi) is 5.53. The highest BCUT2D eigenvalue weighted by Crippen LogP contribution is 2.29. The number of hydrogen-bond acceptors (Lipinski definition) is 4. The first kappa shape index (κ1) is 18.3. The van der Waals surface area contributed by atoms with Crippen LogP contribution in [0.25, 0.3) is 6.08 Å². The molecule has 0 heterocycles. The molecule has 24 heavy (non-hydrogen) atoms. The second-order valence-corrected chi connectivity index (χ2v) is 7.58. The van der Waals surface area contributed by atoms with Crippen LogP contribution >= 0.6 is 27.5 Å². The fourth-order valence-corrected chi connectivity index (χ4v) is 3.37. The molecule has 0 aromatic heterocycles. The molecule has 9 heteroatoms. The second kappa shape index (κ2) is 7.25. The summed E-state index contributed by atoms with van der Waals surface area (Å²) in [5.41, 5.74) is 5.82. The molecule has 126 valence electrons. The van der Waals surface area contributed by atoms with Gasteiger partial charge in [-0.3, -0.25) is 4.72 Å². The minimum Gasteiger partial charge on any atom is -0.478 e.